The topological polar surface area (TPSA) is 52.3 Å². The standard InChI is InChI=1S/C22H22N4OS/c1-15(2)13-20-23-24-22-26(20)25-21(28-22)14-19(16-7-5-4-6-8-16)17-9-11-18(27-3)12-10-17/h4-12,14-15H,13H2,1-3H3. The third kappa shape index (κ3) is 3.82. The van der Waals surface area contributed by atoms with Crippen LogP contribution in [0.1, 0.15) is 35.8 Å². The minimum Gasteiger partial charge on any atom is -0.497 e. The van der Waals surface area contributed by atoms with E-state index in [-0.39, 0.29) is 0 Å². The summed E-state index contributed by atoms with van der Waals surface area (Å²) in [5, 5.41) is 14.2. The van der Waals surface area contributed by atoms with Crippen molar-refractivity contribution >= 4 is 27.9 Å². The smallest absolute Gasteiger partial charge is 0.234 e. The van der Waals surface area contributed by atoms with Gasteiger partial charge in [-0.25, -0.2) is 0 Å². The van der Waals surface area contributed by atoms with E-state index < -0.39 is 0 Å². The average Bonchev–Trinajstić information content (AvgIpc) is 3.28. The quantitative estimate of drug-likeness (QED) is 0.466. The molecule has 28 heavy (non-hydrogen) atoms. The molecule has 0 atom stereocenters. The van der Waals surface area contributed by atoms with Crippen LogP contribution in [0.4, 0.5) is 0 Å². The lowest BCUT2D eigenvalue weighted by molar-refractivity contribution is 0.415. The molecule has 0 aliphatic rings. The fourth-order valence-electron chi connectivity index (χ4n) is 3.07. The van der Waals surface area contributed by atoms with Gasteiger partial charge in [0, 0.05) is 6.42 Å². The van der Waals surface area contributed by atoms with Crippen LogP contribution < -0.4 is 4.74 Å². The van der Waals surface area contributed by atoms with Gasteiger partial charge in [-0.15, -0.1) is 10.2 Å². The molecule has 5 nitrogen and oxygen atoms in total. The molecule has 142 valence electrons. The number of benzene rings is 2. The van der Waals surface area contributed by atoms with Gasteiger partial charge in [-0.1, -0.05) is 67.6 Å². The zero-order chi connectivity index (χ0) is 19.5. The number of fused-ring (bicyclic) bond motifs is 1. The van der Waals surface area contributed by atoms with Crippen LogP contribution in [0, 0.1) is 5.92 Å². The van der Waals surface area contributed by atoms with Gasteiger partial charge >= 0.3 is 0 Å². The Morgan fingerprint density at radius 2 is 1.75 bits per heavy atom. The maximum atomic E-state index is 5.30. The fraction of sp³-hybridized carbons (Fsp3) is 0.227. The highest BCUT2D eigenvalue weighted by Crippen LogP contribution is 2.29. The average molecular weight is 391 g/mol. The normalized spacial score (nSPS) is 12.1. The first-order chi connectivity index (χ1) is 13.6. The van der Waals surface area contributed by atoms with Crippen LogP contribution in [0.25, 0.3) is 16.6 Å². The molecular formula is C22H22N4OS. The molecule has 0 fully saturated rings. The van der Waals surface area contributed by atoms with Crippen molar-refractivity contribution in [3.05, 3.63) is 76.6 Å². The van der Waals surface area contributed by atoms with Crippen molar-refractivity contribution in [1.29, 1.82) is 0 Å². The second kappa shape index (κ2) is 7.94. The summed E-state index contributed by atoms with van der Waals surface area (Å²) in [4.78, 5) is 0.823. The minimum absolute atomic E-state index is 0.507. The van der Waals surface area contributed by atoms with Crippen molar-refractivity contribution in [2.45, 2.75) is 20.3 Å². The Balaban J connectivity index is 1.78. The SMILES string of the molecule is COc1ccc(C(=Cc2nn3c(CC(C)C)nnc3s2)c2ccccc2)cc1. The Morgan fingerprint density at radius 1 is 1.04 bits per heavy atom. The Labute approximate surface area is 168 Å². The van der Waals surface area contributed by atoms with E-state index >= 15 is 0 Å². The number of methoxy groups -OCH3 is 1. The molecule has 2 aromatic carbocycles. The summed E-state index contributed by atoms with van der Waals surface area (Å²) in [7, 11) is 1.68. The van der Waals surface area contributed by atoms with E-state index in [0.29, 0.717) is 5.92 Å². The molecule has 0 radical (unpaired) electrons. The predicted octanol–water partition coefficient (Wildman–Crippen LogP) is 4.98. The van der Waals surface area contributed by atoms with Crippen molar-refractivity contribution in [1.82, 2.24) is 19.8 Å². The van der Waals surface area contributed by atoms with Gasteiger partial charge in [0.15, 0.2) is 5.82 Å². The molecule has 4 aromatic rings. The van der Waals surface area contributed by atoms with Crippen LogP contribution in [-0.4, -0.2) is 26.9 Å². The summed E-state index contributed by atoms with van der Waals surface area (Å²) < 4.78 is 7.17. The highest BCUT2D eigenvalue weighted by molar-refractivity contribution is 7.17. The zero-order valence-corrected chi connectivity index (χ0v) is 17.0. The lowest BCUT2D eigenvalue weighted by atomic mass is 9.97. The van der Waals surface area contributed by atoms with Gasteiger partial charge in [-0.05, 0) is 40.8 Å². The van der Waals surface area contributed by atoms with Gasteiger partial charge in [0.1, 0.15) is 10.8 Å². The van der Waals surface area contributed by atoms with Crippen molar-refractivity contribution in [3.8, 4) is 5.75 Å². The molecule has 0 saturated carbocycles. The Bertz CT molecular complexity index is 1090. The molecule has 0 amide bonds. The first-order valence-corrected chi connectivity index (χ1v) is 10.1. The molecule has 0 spiro atoms. The van der Waals surface area contributed by atoms with Gasteiger partial charge in [-0.3, -0.25) is 0 Å². The third-order valence-corrected chi connectivity index (χ3v) is 5.26. The Hall–Kier alpha value is -2.99. The number of ether oxygens (including phenoxy) is 1. The molecule has 0 N–H and O–H groups in total. The molecule has 2 aromatic heterocycles. The van der Waals surface area contributed by atoms with Gasteiger partial charge in [0.05, 0.1) is 7.11 Å². The van der Waals surface area contributed by atoms with E-state index in [0.717, 1.165) is 44.7 Å². The van der Waals surface area contributed by atoms with Crippen LogP contribution in [0.2, 0.25) is 0 Å². The van der Waals surface area contributed by atoms with Crippen LogP contribution in [0.15, 0.2) is 54.6 Å². The van der Waals surface area contributed by atoms with E-state index in [1.165, 1.54) is 0 Å². The molecule has 0 aliphatic heterocycles. The maximum absolute atomic E-state index is 5.30. The summed E-state index contributed by atoms with van der Waals surface area (Å²) in [6.45, 7) is 4.34. The summed E-state index contributed by atoms with van der Waals surface area (Å²) in [6, 6.07) is 18.4. The third-order valence-electron chi connectivity index (χ3n) is 4.42. The van der Waals surface area contributed by atoms with E-state index in [2.05, 4.69) is 54.4 Å². The lowest BCUT2D eigenvalue weighted by Gasteiger charge is -2.09. The van der Waals surface area contributed by atoms with E-state index in [1.54, 1.807) is 18.4 Å². The lowest BCUT2D eigenvalue weighted by Crippen LogP contribution is -2.01. The molecule has 4 rings (SSSR count). The van der Waals surface area contributed by atoms with Gasteiger partial charge in [0.2, 0.25) is 4.96 Å². The minimum atomic E-state index is 0.507. The highest BCUT2D eigenvalue weighted by Gasteiger charge is 2.13. The molecule has 0 bridgehead atoms. The first-order valence-electron chi connectivity index (χ1n) is 9.26. The van der Waals surface area contributed by atoms with Gasteiger partial charge < -0.3 is 4.74 Å². The first kappa shape index (κ1) is 18.4. The molecule has 6 heteroatoms. The van der Waals surface area contributed by atoms with Crippen molar-refractivity contribution in [3.63, 3.8) is 0 Å². The van der Waals surface area contributed by atoms with E-state index in [1.807, 2.05) is 34.8 Å². The fourth-order valence-corrected chi connectivity index (χ4v) is 3.87. The summed E-state index contributed by atoms with van der Waals surface area (Å²) in [5.41, 5.74) is 3.36. The number of hydrogen-bond acceptors (Lipinski definition) is 5. The highest BCUT2D eigenvalue weighted by atomic mass is 32.1. The van der Waals surface area contributed by atoms with Crippen molar-refractivity contribution in [2.75, 3.05) is 7.11 Å². The zero-order valence-electron chi connectivity index (χ0n) is 16.2. The molecule has 0 aliphatic carbocycles. The largest absolute Gasteiger partial charge is 0.497 e. The maximum Gasteiger partial charge on any atom is 0.234 e. The molecular weight excluding hydrogens is 368 g/mol. The molecule has 0 saturated heterocycles. The second-order valence-corrected chi connectivity index (χ2v) is 7.99. The van der Waals surface area contributed by atoms with E-state index in [9.17, 15) is 0 Å². The van der Waals surface area contributed by atoms with Crippen LogP contribution in [-0.2, 0) is 6.42 Å². The second-order valence-electron chi connectivity index (χ2n) is 7.00. The Kier molecular flexibility index (Phi) is 5.21. The summed E-state index contributed by atoms with van der Waals surface area (Å²) in [6.07, 6.45) is 2.98. The van der Waals surface area contributed by atoms with Crippen molar-refractivity contribution in [2.24, 2.45) is 5.92 Å². The number of aromatic nitrogens is 4. The summed E-state index contributed by atoms with van der Waals surface area (Å²) >= 11 is 1.55. The van der Waals surface area contributed by atoms with Gasteiger partial charge in [-0.2, -0.15) is 9.61 Å². The number of hydrogen-bond donors (Lipinski definition) is 0. The number of nitrogens with zero attached hydrogens (tertiary/aromatic N) is 4. The van der Waals surface area contributed by atoms with Crippen molar-refractivity contribution < 1.29 is 4.74 Å². The summed E-state index contributed by atoms with van der Waals surface area (Å²) in [5.74, 6) is 2.26. The number of rotatable bonds is 6. The monoisotopic (exact) mass is 390 g/mol. The van der Waals surface area contributed by atoms with Gasteiger partial charge in [0.25, 0.3) is 0 Å². The Morgan fingerprint density at radius 3 is 2.43 bits per heavy atom. The van der Waals surface area contributed by atoms with Crippen LogP contribution in [0.5, 0.6) is 5.75 Å². The molecule has 2 heterocycles. The van der Waals surface area contributed by atoms with Crippen LogP contribution in [0.3, 0.4) is 0 Å². The molecule has 0 unspecified atom stereocenters. The van der Waals surface area contributed by atoms with Crippen LogP contribution >= 0.6 is 11.3 Å². The van der Waals surface area contributed by atoms with E-state index in [4.69, 9.17) is 9.84 Å². The predicted molar refractivity (Wildman–Crippen MR) is 114 cm³/mol.